The Kier molecular flexibility index (Phi) is 24.5. The van der Waals surface area contributed by atoms with Gasteiger partial charge in [0.1, 0.15) is 0 Å². The van der Waals surface area contributed by atoms with Crippen molar-refractivity contribution in [2.75, 3.05) is 0 Å². The first kappa shape index (κ1) is 26.2. The molecule has 0 amide bonds. The van der Waals surface area contributed by atoms with Crippen molar-refractivity contribution in [2.45, 2.75) is 136 Å². The average Bonchev–Trinajstić information content (AvgIpc) is 2.68. The number of rotatable bonds is 21. The molecule has 0 atom stereocenters. The van der Waals surface area contributed by atoms with E-state index in [9.17, 15) is 0 Å². The van der Waals surface area contributed by atoms with Gasteiger partial charge in [-0.1, -0.05) is 140 Å². The molecule has 0 aliphatic heterocycles. The minimum Gasteiger partial charge on any atom is -0.0885 e. The molecule has 0 aromatic carbocycles. The van der Waals surface area contributed by atoms with Crippen molar-refractivity contribution < 1.29 is 0 Å². The Morgan fingerprint density at radius 3 is 1.19 bits per heavy atom. The second kappa shape index (κ2) is 25.2. The lowest BCUT2D eigenvalue weighted by Gasteiger charge is -2.03. The molecular formula is C27H50. The number of hydrogen-bond acceptors (Lipinski definition) is 0. The predicted molar refractivity (Wildman–Crippen MR) is 126 cm³/mol. The van der Waals surface area contributed by atoms with Crippen molar-refractivity contribution >= 4 is 0 Å². The van der Waals surface area contributed by atoms with Crippen LogP contribution in [0.25, 0.3) is 0 Å². The van der Waals surface area contributed by atoms with E-state index >= 15 is 0 Å². The summed E-state index contributed by atoms with van der Waals surface area (Å²) < 4.78 is 0. The van der Waals surface area contributed by atoms with Crippen LogP contribution in [-0.2, 0) is 0 Å². The zero-order valence-corrected chi connectivity index (χ0v) is 18.9. The molecule has 0 rings (SSSR count). The van der Waals surface area contributed by atoms with Crippen LogP contribution in [0.5, 0.6) is 0 Å². The molecule has 0 bridgehead atoms. The third-order valence-corrected chi connectivity index (χ3v) is 5.25. The van der Waals surface area contributed by atoms with Crippen LogP contribution in [0.4, 0.5) is 0 Å². The van der Waals surface area contributed by atoms with Crippen molar-refractivity contribution in [1.29, 1.82) is 0 Å². The highest BCUT2D eigenvalue weighted by Crippen LogP contribution is 2.13. The first-order valence-corrected chi connectivity index (χ1v) is 12.4. The topological polar surface area (TPSA) is 0 Å². The fourth-order valence-corrected chi connectivity index (χ4v) is 3.46. The second-order valence-electron chi connectivity index (χ2n) is 8.03. The molecule has 0 aromatic rings. The van der Waals surface area contributed by atoms with E-state index < -0.39 is 0 Å². The van der Waals surface area contributed by atoms with Crippen LogP contribution in [0.1, 0.15) is 136 Å². The fourth-order valence-electron chi connectivity index (χ4n) is 3.46. The summed E-state index contributed by atoms with van der Waals surface area (Å²) in [5, 5.41) is 0. The van der Waals surface area contributed by atoms with Gasteiger partial charge in [-0.3, -0.25) is 0 Å². The summed E-state index contributed by atoms with van der Waals surface area (Å²) in [4.78, 5) is 0. The molecular weight excluding hydrogens is 324 g/mol. The van der Waals surface area contributed by atoms with Crippen LogP contribution in [0.2, 0.25) is 0 Å². The summed E-state index contributed by atoms with van der Waals surface area (Å²) in [5.74, 6) is 0. The summed E-state index contributed by atoms with van der Waals surface area (Å²) in [6, 6.07) is 0. The van der Waals surface area contributed by atoms with E-state index in [1.54, 1.807) is 0 Å². The lowest BCUT2D eigenvalue weighted by Crippen LogP contribution is -1.83. The number of allylic oxidation sites excluding steroid dienone is 6. The Morgan fingerprint density at radius 1 is 0.370 bits per heavy atom. The van der Waals surface area contributed by atoms with E-state index in [2.05, 4.69) is 50.3 Å². The van der Waals surface area contributed by atoms with Crippen LogP contribution in [0, 0.1) is 0 Å². The quantitative estimate of drug-likeness (QED) is 0.138. The molecule has 0 unspecified atom stereocenters. The van der Waals surface area contributed by atoms with E-state index in [1.165, 1.54) is 103 Å². The van der Waals surface area contributed by atoms with Crippen LogP contribution in [0.15, 0.2) is 36.5 Å². The van der Waals surface area contributed by atoms with Crippen LogP contribution in [0.3, 0.4) is 0 Å². The molecule has 0 heteroatoms. The van der Waals surface area contributed by atoms with Gasteiger partial charge in [-0.15, -0.1) is 0 Å². The van der Waals surface area contributed by atoms with Gasteiger partial charge >= 0.3 is 0 Å². The molecule has 0 heterocycles. The molecule has 0 fully saturated rings. The van der Waals surface area contributed by atoms with Gasteiger partial charge in [0.2, 0.25) is 0 Å². The normalized spacial score (nSPS) is 12.2. The molecule has 0 saturated heterocycles. The molecule has 0 aromatic heterocycles. The van der Waals surface area contributed by atoms with Crippen molar-refractivity contribution in [1.82, 2.24) is 0 Å². The lowest BCUT2D eigenvalue weighted by atomic mass is 10.0. The monoisotopic (exact) mass is 374 g/mol. The second-order valence-corrected chi connectivity index (χ2v) is 8.03. The van der Waals surface area contributed by atoms with Crippen LogP contribution >= 0.6 is 0 Å². The zero-order chi connectivity index (χ0) is 19.7. The van der Waals surface area contributed by atoms with Gasteiger partial charge < -0.3 is 0 Å². The summed E-state index contributed by atoms with van der Waals surface area (Å²) in [7, 11) is 0. The van der Waals surface area contributed by atoms with Gasteiger partial charge in [-0.25, -0.2) is 0 Å². The average molecular weight is 375 g/mol. The minimum atomic E-state index is 1.08. The largest absolute Gasteiger partial charge is 0.0885 e. The van der Waals surface area contributed by atoms with Gasteiger partial charge in [0, 0.05) is 0 Å². The van der Waals surface area contributed by atoms with Gasteiger partial charge in [0.15, 0.2) is 0 Å². The van der Waals surface area contributed by atoms with E-state index in [4.69, 9.17) is 0 Å². The SMILES string of the molecule is CC/C=C\C/C=C\C/C=C\CCCCCCCCCCCCCCCCC. The maximum atomic E-state index is 2.37. The van der Waals surface area contributed by atoms with Crippen molar-refractivity contribution in [2.24, 2.45) is 0 Å². The highest BCUT2D eigenvalue weighted by atomic mass is 14.0. The molecule has 158 valence electrons. The van der Waals surface area contributed by atoms with Crippen molar-refractivity contribution in [3.05, 3.63) is 36.5 Å². The smallest absolute Gasteiger partial charge is 0.0169 e. The van der Waals surface area contributed by atoms with Gasteiger partial charge in [-0.05, 0) is 32.1 Å². The maximum Gasteiger partial charge on any atom is -0.0169 e. The molecule has 0 saturated carbocycles. The standard InChI is InChI=1S/C27H50/c1-3-5-7-9-11-13-15-17-19-21-23-25-27-26-24-22-20-18-16-14-12-10-8-6-4-2/h5,7,11,13,17,19H,3-4,6,8-10,12,14-16,18,20-27H2,1-2H3/b7-5-,13-11-,19-17-. The molecule has 27 heavy (non-hydrogen) atoms. The van der Waals surface area contributed by atoms with Gasteiger partial charge in [-0.2, -0.15) is 0 Å². The molecule has 0 radical (unpaired) electrons. The maximum absolute atomic E-state index is 2.37. The summed E-state index contributed by atoms with van der Waals surface area (Å²) >= 11 is 0. The molecule has 0 N–H and O–H groups in total. The van der Waals surface area contributed by atoms with Crippen molar-refractivity contribution in [3.63, 3.8) is 0 Å². The van der Waals surface area contributed by atoms with E-state index in [0.29, 0.717) is 0 Å². The summed E-state index contributed by atoms with van der Waals surface area (Å²) in [6.45, 7) is 4.48. The van der Waals surface area contributed by atoms with E-state index in [1.807, 2.05) is 0 Å². The Labute approximate surface area is 172 Å². The Hall–Kier alpha value is -0.780. The first-order chi connectivity index (χ1) is 13.4. The molecule has 0 spiro atoms. The number of unbranched alkanes of at least 4 members (excludes halogenated alkanes) is 15. The molecule has 0 aliphatic rings. The fraction of sp³-hybridized carbons (Fsp3) is 0.778. The molecule has 0 aliphatic carbocycles. The minimum absolute atomic E-state index is 1.08. The molecule has 0 nitrogen and oxygen atoms in total. The summed E-state index contributed by atoms with van der Waals surface area (Å²) in [6.07, 6.45) is 40.0. The Morgan fingerprint density at radius 2 is 0.741 bits per heavy atom. The Bertz CT molecular complexity index is 334. The van der Waals surface area contributed by atoms with E-state index in [0.717, 1.165) is 19.3 Å². The van der Waals surface area contributed by atoms with Crippen molar-refractivity contribution in [3.8, 4) is 0 Å². The van der Waals surface area contributed by atoms with Gasteiger partial charge in [0.05, 0.1) is 0 Å². The van der Waals surface area contributed by atoms with Crippen LogP contribution < -0.4 is 0 Å². The highest BCUT2D eigenvalue weighted by molar-refractivity contribution is 4.96. The van der Waals surface area contributed by atoms with Gasteiger partial charge in [0.25, 0.3) is 0 Å². The lowest BCUT2D eigenvalue weighted by molar-refractivity contribution is 0.533. The predicted octanol–water partition coefficient (Wildman–Crippen LogP) is 10.1. The Balaban J connectivity index is 3.12. The third-order valence-electron chi connectivity index (χ3n) is 5.25. The van der Waals surface area contributed by atoms with Crippen LogP contribution in [-0.4, -0.2) is 0 Å². The zero-order valence-electron chi connectivity index (χ0n) is 18.9. The third kappa shape index (κ3) is 25.2. The first-order valence-electron chi connectivity index (χ1n) is 12.4. The number of hydrogen-bond donors (Lipinski definition) is 0. The van der Waals surface area contributed by atoms with E-state index in [-0.39, 0.29) is 0 Å². The summed E-state index contributed by atoms with van der Waals surface area (Å²) in [5.41, 5.74) is 0. The highest BCUT2D eigenvalue weighted by Gasteiger charge is 1.94.